The van der Waals surface area contributed by atoms with Gasteiger partial charge in [-0.1, -0.05) is 71.9 Å². The molecule has 0 aliphatic carbocycles. The van der Waals surface area contributed by atoms with E-state index in [1.54, 1.807) is 12.1 Å². The van der Waals surface area contributed by atoms with Crippen LogP contribution < -0.4 is 4.74 Å². The van der Waals surface area contributed by atoms with Gasteiger partial charge in [-0.05, 0) is 42.3 Å². The predicted octanol–water partition coefficient (Wildman–Crippen LogP) is 5.52. The number of carbonyl (C=O) groups is 1. The van der Waals surface area contributed by atoms with Gasteiger partial charge >= 0.3 is 0 Å². The number of aryl methyl sites for hydroxylation is 1. The average molecular weight is 485 g/mol. The third-order valence-electron chi connectivity index (χ3n) is 5.80. The molecule has 0 spiro atoms. The molecule has 1 atom stereocenters. The number of carbonyl (C=O) groups excluding carboxylic acids is 1. The van der Waals surface area contributed by atoms with E-state index in [9.17, 15) is 4.79 Å². The lowest BCUT2D eigenvalue weighted by Crippen LogP contribution is -2.28. The minimum Gasteiger partial charge on any atom is -0.497 e. The normalized spacial score (nSPS) is 15.2. The minimum absolute atomic E-state index is 0.128. The molecular weight excluding hydrogens is 460 g/mol. The first-order valence-electron chi connectivity index (χ1n) is 11.2. The van der Waals surface area contributed by atoms with E-state index in [1.165, 1.54) is 11.8 Å². The number of rotatable bonds is 7. The number of nitrogens with zero attached hydrogens (tertiary/aromatic N) is 4. The summed E-state index contributed by atoms with van der Waals surface area (Å²) in [7, 11) is 1.63. The van der Waals surface area contributed by atoms with E-state index in [1.807, 2.05) is 85.8 Å². The SMILES string of the molecule is COc1ccc([C@@H]2CC(c3ccccc3)=NN2C(=O)CSc2nnc(-c3ccc(C)cc3)o2)cc1. The second-order valence-corrected chi connectivity index (χ2v) is 9.10. The summed E-state index contributed by atoms with van der Waals surface area (Å²) in [5.74, 6) is 1.21. The van der Waals surface area contributed by atoms with Gasteiger partial charge in [-0.25, -0.2) is 5.01 Å². The minimum atomic E-state index is -0.199. The zero-order valence-electron chi connectivity index (χ0n) is 19.4. The molecule has 2 heterocycles. The molecule has 1 aliphatic heterocycles. The van der Waals surface area contributed by atoms with Crippen molar-refractivity contribution in [1.82, 2.24) is 15.2 Å². The van der Waals surface area contributed by atoms with Gasteiger partial charge in [0.2, 0.25) is 5.89 Å². The third kappa shape index (κ3) is 5.12. The van der Waals surface area contributed by atoms with Gasteiger partial charge in [-0.3, -0.25) is 4.79 Å². The molecule has 0 bridgehead atoms. The van der Waals surface area contributed by atoms with Crippen molar-refractivity contribution < 1.29 is 13.9 Å². The van der Waals surface area contributed by atoms with Gasteiger partial charge in [0, 0.05) is 12.0 Å². The van der Waals surface area contributed by atoms with Gasteiger partial charge in [0.05, 0.1) is 24.6 Å². The number of thioether (sulfide) groups is 1. The molecule has 0 unspecified atom stereocenters. The molecule has 3 aromatic carbocycles. The van der Waals surface area contributed by atoms with Crippen molar-refractivity contribution in [2.75, 3.05) is 12.9 Å². The number of amides is 1. The number of hydrogen-bond acceptors (Lipinski definition) is 7. The van der Waals surface area contributed by atoms with Gasteiger partial charge in [-0.2, -0.15) is 5.10 Å². The van der Waals surface area contributed by atoms with Crippen molar-refractivity contribution in [3.8, 4) is 17.2 Å². The van der Waals surface area contributed by atoms with E-state index >= 15 is 0 Å². The van der Waals surface area contributed by atoms with Crippen molar-refractivity contribution >= 4 is 23.4 Å². The zero-order chi connectivity index (χ0) is 24.2. The highest BCUT2D eigenvalue weighted by atomic mass is 32.2. The van der Waals surface area contributed by atoms with E-state index in [0.29, 0.717) is 17.5 Å². The van der Waals surface area contributed by atoms with Gasteiger partial charge < -0.3 is 9.15 Å². The molecule has 0 saturated carbocycles. The number of hydrogen-bond donors (Lipinski definition) is 0. The van der Waals surface area contributed by atoms with E-state index in [4.69, 9.17) is 14.3 Å². The summed E-state index contributed by atoms with van der Waals surface area (Å²) in [5, 5.41) is 14.9. The fourth-order valence-electron chi connectivity index (χ4n) is 3.90. The molecule has 35 heavy (non-hydrogen) atoms. The highest BCUT2D eigenvalue weighted by molar-refractivity contribution is 7.99. The quantitative estimate of drug-likeness (QED) is 0.321. The third-order valence-corrected chi connectivity index (χ3v) is 6.60. The Morgan fingerprint density at radius 2 is 1.74 bits per heavy atom. The molecule has 0 fully saturated rings. The monoisotopic (exact) mass is 484 g/mol. The number of aromatic nitrogens is 2. The fourth-order valence-corrected chi connectivity index (χ4v) is 4.52. The first-order valence-corrected chi connectivity index (χ1v) is 12.2. The summed E-state index contributed by atoms with van der Waals surface area (Å²) in [6.07, 6.45) is 0.630. The predicted molar refractivity (Wildman–Crippen MR) is 135 cm³/mol. The smallest absolute Gasteiger partial charge is 0.277 e. The Hall–Kier alpha value is -3.91. The van der Waals surface area contributed by atoms with Crippen molar-refractivity contribution in [3.63, 3.8) is 0 Å². The van der Waals surface area contributed by atoms with Crippen molar-refractivity contribution in [3.05, 3.63) is 95.6 Å². The van der Waals surface area contributed by atoms with Crippen molar-refractivity contribution in [2.24, 2.45) is 5.10 Å². The maximum atomic E-state index is 13.3. The van der Waals surface area contributed by atoms with E-state index < -0.39 is 0 Å². The molecular formula is C27H24N4O3S. The maximum Gasteiger partial charge on any atom is 0.277 e. The maximum absolute atomic E-state index is 13.3. The lowest BCUT2D eigenvalue weighted by molar-refractivity contribution is -0.130. The van der Waals surface area contributed by atoms with Crippen LogP contribution in [0.25, 0.3) is 11.5 Å². The molecule has 5 rings (SSSR count). The van der Waals surface area contributed by atoms with E-state index in [-0.39, 0.29) is 17.7 Å². The van der Waals surface area contributed by atoms with Crippen LogP contribution >= 0.6 is 11.8 Å². The summed E-state index contributed by atoms with van der Waals surface area (Å²) in [4.78, 5) is 13.3. The molecule has 0 N–H and O–H groups in total. The van der Waals surface area contributed by atoms with Gasteiger partial charge in [-0.15, -0.1) is 10.2 Å². The van der Waals surface area contributed by atoms with Gasteiger partial charge in [0.1, 0.15) is 5.75 Å². The van der Waals surface area contributed by atoms with Crippen LogP contribution in [0, 0.1) is 6.92 Å². The first-order chi connectivity index (χ1) is 17.1. The van der Waals surface area contributed by atoms with Crippen LogP contribution in [0.1, 0.15) is 29.2 Å². The Morgan fingerprint density at radius 3 is 2.46 bits per heavy atom. The molecule has 1 amide bonds. The Kier molecular flexibility index (Phi) is 6.63. The molecule has 7 nitrogen and oxygen atoms in total. The molecule has 0 radical (unpaired) electrons. The summed E-state index contributed by atoms with van der Waals surface area (Å²) in [6, 6.07) is 25.4. The lowest BCUT2D eigenvalue weighted by atomic mass is 9.98. The first kappa shape index (κ1) is 22.9. The van der Waals surface area contributed by atoms with E-state index in [0.717, 1.165) is 33.7 Å². The summed E-state index contributed by atoms with van der Waals surface area (Å²) >= 11 is 1.21. The largest absolute Gasteiger partial charge is 0.497 e. The van der Waals surface area contributed by atoms with Crippen LogP contribution in [-0.2, 0) is 4.79 Å². The topological polar surface area (TPSA) is 80.8 Å². The Morgan fingerprint density at radius 1 is 1.00 bits per heavy atom. The van der Waals surface area contributed by atoms with Crippen LogP contribution in [0.2, 0.25) is 0 Å². The highest BCUT2D eigenvalue weighted by Crippen LogP contribution is 2.34. The Bertz CT molecular complexity index is 1340. The summed E-state index contributed by atoms with van der Waals surface area (Å²) < 4.78 is 11.1. The Labute approximate surface area is 207 Å². The standard InChI is InChI=1S/C27H24N4O3S/c1-18-8-10-21(11-9-18)26-28-29-27(34-26)35-17-25(32)31-24(20-12-14-22(33-2)15-13-20)16-23(30-31)19-6-4-3-5-7-19/h3-15,24H,16-17H2,1-2H3/t24-/m0/s1. The molecule has 0 saturated heterocycles. The second-order valence-electron chi connectivity index (χ2n) is 8.17. The number of ether oxygens (including phenoxy) is 1. The van der Waals surface area contributed by atoms with Crippen molar-refractivity contribution in [1.29, 1.82) is 0 Å². The summed E-state index contributed by atoms with van der Waals surface area (Å²) in [5.41, 5.74) is 4.88. The summed E-state index contributed by atoms with van der Waals surface area (Å²) in [6.45, 7) is 2.02. The molecule has 4 aromatic rings. The molecule has 8 heteroatoms. The fraction of sp³-hybridized carbons (Fsp3) is 0.185. The van der Waals surface area contributed by atoms with Crippen LogP contribution in [0.3, 0.4) is 0 Å². The number of benzene rings is 3. The van der Waals surface area contributed by atoms with Crippen LogP contribution in [0.15, 0.2) is 93.6 Å². The van der Waals surface area contributed by atoms with Crippen molar-refractivity contribution in [2.45, 2.75) is 24.6 Å². The van der Waals surface area contributed by atoms with Crippen LogP contribution in [0.4, 0.5) is 0 Å². The number of hydrazone groups is 1. The Balaban J connectivity index is 1.33. The second kappa shape index (κ2) is 10.1. The van der Waals surface area contributed by atoms with E-state index in [2.05, 4.69) is 10.2 Å². The average Bonchev–Trinajstić information content (AvgIpc) is 3.56. The van der Waals surface area contributed by atoms with Crippen LogP contribution in [0.5, 0.6) is 5.75 Å². The number of methoxy groups -OCH3 is 1. The highest BCUT2D eigenvalue weighted by Gasteiger charge is 2.33. The zero-order valence-corrected chi connectivity index (χ0v) is 20.2. The van der Waals surface area contributed by atoms with Crippen LogP contribution in [-0.4, -0.2) is 39.7 Å². The molecule has 1 aromatic heterocycles. The van der Waals surface area contributed by atoms with Gasteiger partial charge in [0.25, 0.3) is 11.1 Å². The molecule has 1 aliphatic rings. The van der Waals surface area contributed by atoms with Gasteiger partial charge in [0.15, 0.2) is 0 Å². The molecule has 176 valence electrons. The lowest BCUT2D eigenvalue weighted by Gasteiger charge is -2.22.